The summed E-state index contributed by atoms with van der Waals surface area (Å²) >= 11 is 0. The Kier molecular flexibility index (Phi) is 5.45. The molecule has 0 spiro atoms. The SMILES string of the molecule is Cc1ccc2cc(C(=O)N3CCC[C@](O)(CN4CCN(C)CC4)CC3)[nH]c2c1. The molecule has 6 heteroatoms. The maximum absolute atomic E-state index is 13.0. The van der Waals surface area contributed by atoms with Crippen LogP contribution in [0.3, 0.4) is 0 Å². The number of β-amino-alcohol motifs (C(OH)–C–C–N with tert-alkyl or cyclic N) is 1. The van der Waals surface area contributed by atoms with E-state index >= 15 is 0 Å². The predicted octanol–water partition coefficient (Wildman–Crippen LogP) is 2.08. The van der Waals surface area contributed by atoms with Crippen molar-refractivity contribution in [1.82, 2.24) is 19.7 Å². The third kappa shape index (κ3) is 4.24. The molecule has 1 atom stereocenters. The van der Waals surface area contributed by atoms with Gasteiger partial charge < -0.3 is 19.9 Å². The van der Waals surface area contributed by atoms with Crippen LogP contribution in [-0.4, -0.2) is 89.2 Å². The molecule has 2 saturated heterocycles. The fourth-order valence-electron chi connectivity index (χ4n) is 4.49. The molecule has 1 aromatic heterocycles. The van der Waals surface area contributed by atoms with Gasteiger partial charge in [0.05, 0.1) is 5.60 Å². The molecule has 2 aliphatic heterocycles. The number of aliphatic hydroxyl groups is 1. The second-order valence-electron chi connectivity index (χ2n) is 8.72. The molecule has 2 aliphatic rings. The van der Waals surface area contributed by atoms with Gasteiger partial charge in [-0.15, -0.1) is 0 Å². The van der Waals surface area contributed by atoms with Gasteiger partial charge in [0.15, 0.2) is 0 Å². The Balaban J connectivity index is 1.40. The van der Waals surface area contributed by atoms with E-state index in [1.54, 1.807) is 0 Å². The molecule has 3 heterocycles. The lowest BCUT2D eigenvalue weighted by atomic mass is 9.94. The van der Waals surface area contributed by atoms with Crippen molar-refractivity contribution in [3.63, 3.8) is 0 Å². The molecule has 0 aliphatic carbocycles. The summed E-state index contributed by atoms with van der Waals surface area (Å²) in [7, 11) is 2.15. The highest BCUT2D eigenvalue weighted by molar-refractivity contribution is 5.98. The minimum absolute atomic E-state index is 0.0395. The summed E-state index contributed by atoms with van der Waals surface area (Å²) < 4.78 is 0. The van der Waals surface area contributed by atoms with Gasteiger partial charge in [-0.3, -0.25) is 9.69 Å². The average molecular weight is 385 g/mol. The number of nitrogens with one attached hydrogen (secondary N) is 1. The molecule has 2 N–H and O–H groups in total. The summed E-state index contributed by atoms with van der Waals surface area (Å²) in [6.07, 6.45) is 2.24. The highest BCUT2D eigenvalue weighted by Gasteiger charge is 2.34. The van der Waals surface area contributed by atoms with E-state index in [2.05, 4.69) is 47.0 Å². The summed E-state index contributed by atoms with van der Waals surface area (Å²) in [6, 6.07) is 8.13. The number of hydrogen-bond donors (Lipinski definition) is 2. The number of amides is 1. The van der Waals surface area contributed by atoms with Crippen molar-refractivity contribution < 1.29 is 9.90 Å². The number of aromatic nitrogens is 1. The van der Waals surface area contributed by atoms with E-state index in [9.17, 15) is 9.90 Å². The zero-order chi connectivity index (χ0) is 19.7. The fourth-order valence-corrected chi connectivity index (χ4v) is 4.49. The highest BCUT2D eigenvalue weighted by Crippen LogP contribution is 2.26. The molecule has 4 rings (SSSR count). The van der Waals surface area contributed by atoms with Gasteiger partial charge in [-0.05, 0) is 50.9 Å². The number of carbonyl (C=O) groups excluding carboxylic acids is 1. The Hall–Kier alpha value is -1.89. The second kappa shape index (κ2) is 7.85. The molecule has 0 radical (unpaired) electrons. The van der Waals surface area contributed by atoms with Gasteiger partial charge in [0.2, 0.25) is 0 Å². The van der Waals surface area contributed by atoms with E-state index in [0.29, 0.717) is 31.7 Å². The fraction of sp³-hybridized carbons (Fsp3) is 0.591. The number of aryl methyl sites for hydroxylation is 1. The van der Waals surface area contributed by atoms with Gasteiger partial charge in [0.25, 0.3) is 5.91 Å². The van der Waals surface area contributed by atoms with Gasteiger partial charge in [-0.2, -0.15) is 0 Å². The summed E-state index contributed by atoms with van der Waals surface area (Å²) in [6.45, 7) is 8.22. The summed E-state index contributed by atoms with van der Waals surface area (Å²) in [4.78, 5) is 22.9. The first-order valence-electron chi connectivity index (χ1n) is 10.4. The Bertz CT molecular complexity index is 840. The van der Waals surface area contributed by atoms with Crippen LogP contribution >= 0.6 is 0 Å². The van der Waals surface area contributed by atoms with Gasteiger partial charge in [-0.1, -0.05) is 12.1 Å². The van der Waals surface area contributed by atoms with Crippen molar-refractivity contribution >= 4 is 16.8 Å². The zero-order valence-corrected chi connectivity index (χ0v) is 17.1. The topological polar surface area (TPSA) is 62.8 Å². The minimum atomic E-state index is -0.692. The number of likely N-dealkylation sites (N-methyl/N-ethyl adjacent to an activating group) is 1. The molecular weight excluding hydrogens is 352 g/mol. The minimum Gasteiger partial charge on any atom is -0.388 e. The smallest absolute Gasteiger partial charge is 0.270 e. The number of rotatable bonds is 3. The summed E-state index contributed by atoms with van der Waals surface area (Å²) in [5.41, 5.74) is 2.13. The van der Waals surface area contributed by atoms with Crippen LogP contribution in [0.4, 0.5) is 0 Å². The number of likely N-dealkylation sites (tertiary alicyclic amines) is 1. The quantitative estimate of drug-likeness (QED) is 0.851. The van der Waals surface area contributed by atoms with Crippen molar-refractivity contribution in [3.05, 3.63) is 35.5 Å². The Labute approximate surface area is 167 Å². The van der Waals surface area contributed by atoms with E-state index in [0.717, 1.165) is 49.9 Å². The third-order valence-corrected chi connectivity index (χ3v) is 6.33. The number of aromatic amines is 1. The number of fused-ring (bicyclic) bond motifs is 1. The lowest BCUT2D eigenvalue weighted by Gasteiger charge is -2.38. The van der Waals surface area contributed by atoms with Crippen LogP contribution in [0.1, 0.15) is 35.3 Å². The van der Waals surface area contributed by atoms with Crippen molar-refractivity contribution in [2.75, 3.05) is 52.9 Å². The third-order valence-electron chi connectivity index (χ3n) is 6.33. The van der Waals surface area contributed by atoms with E-state index in [1.807, 2.05) is 11.0 Å². The molecule has 0 unspecified atom stereocenters. The van der Waals surface area contributed by atoms with Crippen molar-refractivity contribution in [2.45, 2.75) is 31.8 Å². The van der Waals surface area contributed by atoms with Crippen LogP contribution in [0.15, 0.2) is 24.3 Å². The van der Waals surface area contributed by atoms with Crippen LogP contribution in [-0.2, 0) is 0 Å². The summed E-state index contributed by atoms with van der Waals surface area (Å²) in [5.74, 6) is 0.0395. The number of nitrogens with zero attached hydrogens (tertiary/aromatic N) is 3. The Morgan fingerprint density at radius 3 is 2.68 bits per heavy atom. The Morgan fingerprint density at radius 2 is 1.89 bits per heavy atom. The molecule has 2 aromatic rings. The first-order chi connectivity index (χ1) is 13.4. The molecule has 0 saturated carbocycles. The number of piperazine rings is 1. The molecule has 1 aromatic carbocycles. The number of hydrogen-bond acceptors (Lipinski definition) is 4. The van der Waals surface area contributed by atoms with Crippen LogP contribution < -0.4 is 0 Å². The van der Waals surface area contributed by atoms with Gasteiger partial charge in [0.1, 0.15) is 5.69 Å². The lowest BCUT2D eigenvalue weighted by molar-refractivity contribution is -0.0179. The number of H-pyrrole nitrogens is 1. The highest BCUT2D eigenvalue weighted by atomic mass is 16.3. The van der Waals surface area contributed by atoms with E-state index in [-0.39, 0.29) is 5.91 Å². The van der Waals surface area contributed by atoms with Crippen LogP contribution in [0, 0.1) is 6.92 Å². The summed E-state index contributed by atoms with van der Waals surface area (Å²) in [5, 5.41) is 12.2. The molecule has 152 valence electrons. The molecule has 0 bridgehead atoms. The molecule has 6 nitrogen and oxygen atoms in total. The normalized spacial score (nSPS) is 25.2. The van der Waals surface area contributed by atoms with Crippen molar-refractivity contribution in [1.29, 1.82) is 0 Å². The van der Waals surface area contributed by atoms with Crippen LogP contribution in [0.2, 0.25) is 0 Å². The van der Waals surface area contributed by atoms with Gasteiger partial charge in [-0.25, -0.2) is 0 Å². The van der Waals surface area contributed by atoms with E-state index in [1.165, 1.54) is 5.56 Å². The molecule has 28 heavy (non-hydrogen) atoms. The van der Waals surface area contributed by atoms with Crippen molar-refractivity contribution in [2.24, 2.45) is 0 Å². The lowest BCUT2D eigenvalue weighted by Crippen LogP contribution is -2.51. The first kappa shape index (κ1) is 19.4. The number of carbonyl (C=O) groups is 1. The second-order valence-corrected chi connectivity index (χ2v) is 8.72. The maximum atomic E-state index is 13.0. The molecule has 1 amide bonds. The monoisotopic (exact) mass is 384 g/mol. The van der Waals surface area contributed by atoms with Crippen LogP contribution in [0.5, 0.6) is 0 Å². The predicted molar refractivity (Wildman–Crippen MR) is 112 cm³/mol. The molecule has 2 fully saturated rings. The van der Waals surface area contributed by atoms with Crippen LogP contribution in [0.25, 0.3) is 10.9 Å². The standard InChI is InChI=1S/C22H32N4O2/c1-17-4-5-18-15-20(23-19(18)14-17)21(27)26-8-3-6-22(28,7-9-26)16-25-12-10-24(2)11-13-25/h4-5,14-15,23,28H,3,6-13,16H2,1-2H3/t22-/m1/s1. The largest absolute Gasteiger partial charge is 0.388 e. The molecular formula is C22H32N4O2. The Morgan fingerprint density at radius 1 is 1.11 bits per heavy atom. The first-order valence-corrected chi connectivity index (χ1v) is 10.4. The van der Waals surface area contributed by atoms with E-state index < -0.39 is 5.60 Å². The van der Waals surface area contributed by atoms with Crippen molar-refractivity contribution in [3.8, 4) is 0 Å². The maximum Gasteiger partial charge on any atom is 0.270 e. The van der Waals surface area contributed by atoms with Gasteiger partial charge >= 0.3 is 0 Å². The zero-order valence-electron chi connectivity index (χ0n) is 17.1. The van der Waals surface area contributed by atoms with E-state index in [4.69, 9.17) is 0 Å². The number of benzene rings is 1. The van der Waals surface area contributed by atoms with Gasteiger partial charge in [0, 0.05) is 56.7 Å². The average Bonchev–Trinajstić information content (AvgIpc) is 2.99.